The zero-order chi connectivity index (χ0) is 20.8. The molecule has 2 aliphatic rings. The molecule has 3 aromatic carbocycles. The van der Waals surface area contributed by atoms with Gasteiger partial charge < -0.3 is 18.6 Å². The summed E-state index contributed by atoms with van der Waals surface area (Å²) in [5.74, 6) is 2.33. The van der Waals surface area contributed by atoms with E-state index < -0.39 is 0 Å². The molecule has 0 aliphatic carbocycles. The van der Waals surface area contributed by atoms with Crippen molar-refractivity contribution in [3.05, 3.63) is 88.3 Å². The number of hydrogen-bond donors (Lipinski definition) is 1. The van der Waals surface area contributed by atoms with Crippen LogP contribution in [0.4, 0.5) is 0 Å². The second kappa shape index (κ2) is 7.18. The molecule has 1 aromatic heterocycles. The highest BCUT2D eigenvalue weighted by Crippen LogP contribution is 2.35. The molecular weight excluding hydrogens is 394 g/mol. The summed E-state index contributed by atoms with van der Waals surface area (Å²) >= 11 is 0. The van der Waals surface area contributed by atoms with Crippen molar-refractivity contribution < 1.29 is 23.5 Å². The fourth-order valence-corrected chi connectivity index (χ4v) is 4.36. The van der Waals surface area contributed by atoms with Crippen molar-refractivity contribution in [2.75, 3.05) is 13.5 Å². The Hall–Kier alpha value is -3.77. The first-order chi connectivity index (χ1) is 15.2. The van der Waals surface area contributed by atoms with E-state index >= 15 is 0 Å². The van der Waals surface area contributed by atoms with Crippen molar-refractivity contribution in [3.63, 3.8) is 0 Å². The van der Waals surface area contributed by atoms with Gasteiger partial charge in [-0.05, 0) is 41.5 Å². The number of nitrogens with one attached hydrogen (secondary N) is 1. The first-order valence-electron chi connectivity index (χ1n) is 10.2. The highest BCUT2D eigenvalue weighted by Gasteiger charge is 2.26. The Labute approximate surface area is 178 Å². The lowest BCUT2D eigenvalue weighted by Gasteiger charge is -2.26. The monoisotopic (exact) mass is 414 g/mol. The van der Waals surface area contributed by atoms with Gasteiger partial charge in [-0.25, -0.2) is 4.79 Å². The fourth-order valence-electron chi connectivity index (χ4n) is 4.36. The lowest BCUT2D eigenvalue weighted by Crippen LogP contribution is -3.10. The Balaban J connectivity index is 1.38. The third-order valence-corrected chi connectivity index (χ3v) is 5.81. The van der Waals surface area contributed by atoms with Gasteiger partial charge >= 0.3 is 5.63 Å². The first-order valence-corrected chi connectivity index (χ1v) is 10.2. The van der Waals surface area contributed by atoms with Gasteiger partial charge in [-0.1, -0.05) is 30.3 Å². The molecule has 6 rings (SSSR count). The summed E-state index contributed by atoms with van der Waals surface area (Å²) in [6.07, 6.45) is 0. The molecule has 2 aliphatic heterocycles. The van der Waals surface area contributed by atoms with Crippen LogP contribution in [0, 0.1) is 0 Å². The Bertz CT molecular complexity index is 1350. The molecule has 4 aromatic rings. The van der Waals surface area contributed by atoms with Crippen LogP contribution in [0.1, 0.15) is 11.1 Å². The van der Waals surface area contributed by atoms with Gasteiger partial charge in [-0.2, -0.15) is 0 Å². The minimum absolute atomic E-state index is 0.264. The maximum absolute atomic E-state index is 12.4. The molecule has 3 heterocycles. The van der Waals surface area contributed by atoms with Gasteiger partial charge in [-0.3, -0.25) is 4.90 Å². The van der Waals surface area contributed by atoms with E-state index in [9.17, 15) is 4.79 Å². The molecule has 0 fully saturated rings. The summed E-state index contributed by atoms with van der Waals surface area (Å²) in [5.41, 5.74) is 4.17. The van der Waals surface area contributed by atoms with Crippen molar-refractivity contribution >= 4 is 11.0 Å². The molecule has 1 N–H and O–H groups in total. The molecule has 154 valence electrons. The van der Waals surface area contributed by atoms with Crippen molar-refractivity contribution in [3.8, 4) is 28.4 Å². The summed E-state index contributed by atoms with van der Waals surface area (Å²) in [7, 11) is 0. The second-order valence-corrected chi connectivity index (χ2v) is 7.84. The first kappa shape index (κ1) is 18.0. The van der Waals surface area contributed by atoms with Crippen molar-refractivity contribution in [2.24, 2.45) is 0 Å². The molecule has 0 saturated carbocycles. The summed E-state index contributed by atoms with van der Waals surface area (Å²) in [6.45, 7) is 2.26. The molecule has 1 atom stereocenters. The van der Waals surface area contributed by atoms with Gasteiger partial charge in [0.2, 0.25) is 13.5 Å². The fraction of sp³-hybridized carbons (Fsp3) is 0.160. The normalized spacial score (nSPS) is 16.7. The van der Waals surface area contributed by atoms with E-state index in [0.29, 0.717) is 18.9 Å². The van der Waals surface area contributed by atoms with Crippen LogP contribution >= 0.6 is 0 Å². The van der Waals surface area contributed by atoms with E-state index in [0.717, 1.165) is 51.4 Å². The summed E-state index contributed by atoms with van der Waals surface area (Å²) in [4.78, 5) is 13.6. The topological polar surface area (TPSA) is 62.3 Å². The average Bonchev–Trinajstić information content (AvgIpc) is 3.27. The van der Waals surface area contributed by atoms with Crippen LogP contribution in [0.5, 0.6) is 17.2 Å². The van der Waals surface area contributed by atoms with E-state index in [2.05, 4.69) is 0 Å². The van der Waals surface area contributed by atoms with Gasteiger partial charge in [0, 0.05) is 17.0 Å². The van der Waals surface area contributed by atoms with Crippen LogP contribution in [-0.4, -0.2) is 13.5 Å². The molecule has 6 nitrogen and oxygen atoms in total. The lowest BCUT2D eigenvalue weighted by molar-refractivity contribution is -0.945. The van der Waals surface area contributed by atoms with Crippen LogP contribution in [0.15, 0.2) is 75.9 Å². The lowest BCUT2D eigenvalue weighted by atomic mass is 9.99. The number of hydrogen-bond acceptors (Lipinski definition) is 5. The number of benzene rings is 3. The van der Waals surface area contributed by atoms with E-state index in [1.54, 1.807) is 6.07 Å². The van der Waals surface area contributed by atoms with E-state index in [-0.39, 0.29) is 12.4 Å². The Kier molecular flexibility index (Phi) is 4.18. The highest BCUT2D eigenvalue weighted by molar-refractivity contribution is 5.95. The van der Waals surface area contributed by atoms with Crippen molar-refractivity contribution in [1.82, 2.24) is 0 Å². The standard InChI is InChI=1S/C25H19NO5/c27-24-11-19(17-4-2-1-3-5-17)18-7-9-21-20(25(18)31-24)13-26(14-28-21)12-16-6-8-22-23(10-16)30-15-29-22/h1-11H,12-15H2/p+1. The molecule has 0 spiro atoms. The summed E-state index contributed by atoms with van der Waals surface area (Å²) in [6, 6.07) is 21.4. The van der Waals surface area contributed by atoms with Crippen LogP contribution in [0.3, 0.4) is 0 Å². The quantitative estimate of drug-likeness (QED) is 0.522. The molecule has 1 unspecified atom stereocenters. The van der Waals surface area contributed by atoms with Crippen molar-refractivity contribution in [2.45, 2.75) is 13.1 Å². The average molecular weight is 414 g/mol. The van der Waals surface area contributed by atoms with Gasteiger partial charge in [0.25, 0.3) is 0 Å². The number of quaternary nitrogens is 1. The molecule has 0 radical (unpaired) electrons. The maximum atomic E-state index is 12.4. The second-order valence-electron chi connectivity index (χ2n) is 7.84. The number of ether oxygens (including phenoxy) is 3. The van der Waals surface area contributed by atoms with Crippen LogP contribution in [-0.2, 0) is 13.1 Å². The van der Waals surface area contributed by atoms with E-state index in [1.165, 1.54) is 4.90 Å². The van der Waals surface area contributed by atoms with Crippen LogP contribution in [0.2, 0.25) is 0 Å². The van der Waals surface area contributed by atoms with Gasteiger partial charge in [0.1, 0.15) is 18.8 Å². The van der Waals surface area contributed by atoms with Gasteiger partial charge in [0.05, 0.1) is 5.56 Å². The molecule has 6 heteroatoms. The van der Waals surface area contributed by atoms with E-state index in [4.69, 9.17) is 18.6 Å². The minimum Gasteiger partial charge on any atom is -0.454 e. The molecule has 31 heavy (non-hydrogen) atoms. The third kappa shape index (κ3) is 3.21. The largest absolute Gasteiger partial charge is 0.454 e. The zero-order valence-corrected chi connectivity index (χ0v) is 16.7. The Morgan fingerprint density at radius 2 is 1.68 bits per heavy atom. The van der Waals surface area contributed by atoms with Crippen molar-refractivity contribution in [1.29, 1.82) is 0 Å². The van der Waals surface area contributed by atoms with Gasteiger partial charge in [0.15, 0.2) is 17.1 Å². The number of rotatable bonds is 3. The Morgan fingerprint density at radius 1 is 0.839 bits per heavy atom. The highest BCUT2D eigenvalue weighted by atomic mass is 16.7. The van der Waals surface area contributed by atoms with E-state index in [1.807, 2.05) is 60.7 Å². The third-order valence-electron chi connectivity index (χ3n) is 5.81. The predicted octanol–water partition coefficient (Wildman–Crippen LogP) is 3.12. The zero-order valence-electron chi connectivity index (χ0n) is 16.7. The maximum Gasteiger partial charge on any atom is 0.336 e. The molecular formula is C25H20NO5+. The number of fused-ring (bicyclic) bond motifs is 4. The Morgan fingerprint density at radius 3 is 2.58 bits per heavy atom. The van der Waals surface area contributed by atoms with Crippen LogP contribution < -0.4 is 24.7 Å². The summed E-state index contributed by atoms with van der Waals surface area (Å²) < 4.78 is 22.6. The molecule has 0 bridgehead atoms. The SMILES string of the molecule is O=c1cc(-c2ccccc2)c2ccc3c(c2o1)C[NH+](Cc1ccc2c(c1)OCO2)CO3. The smallest absolute Gasteiger partial charge is 0.336 e. The predicted molar refractivity (Wildman–Crippen MR) is 114 cm³/mol. The van der Waals surface area contributed by atoms with Gasteiger partial charge in [-0.15, -0.1) is 0 Å². The summed E-state index contributed by atoms with van der Waals surface area (Å²) in [5, 5.41) is 0.914. The minimum atomic E-state index is -0.359. The molecule has 0 saturated heterocycles. The van der Waals surface area contributed by atoms with Crippen LogP contribution in [0.25, 0.3) is 22.1 Å². The molecule has 0 amide bonds.